The summed E-state index contributed by atoms with van der Waals surface area (Å²) in [6.45, 7) is 0. The fraction of sp³-hybridized carbons (Fsp3) is 0.625. The number of nitrogens with two attached hydrogens (primary N) is 1. The van der Waals surface area contributed by atoms with Crippen molar-refractivity contribution in [3.8, 4) is 17.2 Å². The van der Waals surface area contributed by atoms with E-state index in [1.54, 1.807) is 21.3 Å². The molecule has 1 saturated carbocycles. The van der Waals surface area contributed by atoms with Gasteiger partial charge in [-0.05, 0) is 36.5 Å². The van der Waals surface area contributed by atoms with Crippen LogP contribution in [0.15, 0.2) is 12.1 Å². The first kappa shape index (κ1) is 15.9. The van der Waals surface area contributed by atoms with Crippen molar-refractivity contribution >= 4 is 0 Å². The lowest BCUT2D eigenvalue weighted by molar-refractivity contribution is 0.0843. The van der Waals surface area contributed by atoms with E-state index in [0.29, 0.717) is 17.2 Å². The molecule has 0 heterocycles. The van der Waals surface area contributed by atoms with E-state index in [1.807, 2.05) is 12.1 Å². The molecule has 0 bridgehead atoms. The Morgan fingerprint density at radius 2 is 1.57 bits per heavy atom. The molecule has 0 aliphatic heterocycles. The van der Waals surface area contributed by atoms with Gasteiger partial charge in [-0.1, -0.05) is 12.8 Å². The number of aliphatic hydroxyl groups is 1. The Hall–Kier alpha value is -1.46. The molecule has 0 amide bonds. The lowest BCUT2D eigenvalue weighted by Gasteiger charge is -2.25. The summed E-state index contributed by atoms with van der Waals surface area (Å²) in [6, 6.07) is 3.16. The van der Waals surface area contributed by atoms with Crippen molar-refractivity contribution in [2.75, 3.05) is 21.3 Å². The molecular weight excluding hydrogens is 270 g/mol. The Bertz CT molecular complexity index is 446. The Labute approximate surface area is 126 Å². The molecule has 1 aromatic rings. The minimum Gasteiger partial charge on any atom is -0.493 e. The van der Waals surface area contributed by atoms with Gasteiger partial charge in [-0.25, -0.2) is 0 Å². The van der Waals surface area contributed by atoms with Gasteiger partial charge in [0.15, 0.2) is 11.5 Å². The zero-order chi connectivity index (χ0) is 15.4. The van der Waals surface area contributed by atoms with Crippen molar-refractivity contribution in [3.63, 3.8) is 0 Å². The van der Waals surface area contributed by atoms with Gasteiger partial charge >= 0.3 is 0 Å². The van der Waals surface area contributed by atoms with Crippen LogP contribution in [-0.4, -0.2) is 32.5 Å². The maximum atomic E-state index is 10.5. The van der Waals surface area contributed by atoms with Gasteiger partial charge in [-0.3, -0.25) is 0 Å². The van der Waals surface area contributed by atoms with E-state index in [2.05, 4.69) is 0 Å². The van der Waals surface area contributed by atoms with E-state index in [9.17, 15) is 5.11 Å². The maximum absolute atomic E-state index is 10.5. The van der Waals surface area contributed by atoms with E-state index < -0.39 is 12.1 Å². The molecule has 0 aromatic heterocycles. The standard InChI is InChI=1S/C16H25NO4/c1-19-12-8-11(9-13(20-2)16(12)21-3)14(17)15(18)10-6-4-5-7-10/h8-10,14-15,18H,4-7,17H2,1-3H3/t14-,15+/m1/s1. The van der Waals surface area contributed by atoms with Crippen LogP contribution in [0.5, 0.6) is 17.2 Å². The van der Waals surface area contributed by atoms with Gasteiger partial charge in [0.2, 0.25) is 5.75 Å². The van der Waals surface area contributed by atoms with Gasteiger partial charge in [0, 0.05) is 0 Å². The summed E-state index contributed by atoms with van der Waals surface area (Å²) in [5, 5.41) is 10.5. The molecule has 0 radical (unpaired) electrons. The van der Waals surface area contributed by atoms with Crippen molar-refractivity contribution < 1.29 is 19.3 Å². The van der Waals surface area contributed by atoms with Crippen molar-refractivity contribution in [1.82, 2.24) is 0 Å². The summed E-state index contributed by atoms with van der Waals surface area (Å²) in [5.74, 6) is 1.92. The van der Waals surface area contributed by atoms with Crippen LogP contribution < -0.4 is 19.9 Å². The first-order chi connectivity index (χ1) is 10.1. The summed E-state index contributed by atoms with van der Waals surface area (Å²) in [4.78, 5) is 0. The fourth-order valence-corrected chi connectivity index (χ4v) is 3.08. The summed E-state index contributed by atoms with van der Waals surface area (Å²) in [6.07, 6.45) is 3.88. The van der Waals surface area contributed by atoms with E-state index in [-0.39, 0.29) is 5.92 Å². The largest absolute Gasteiger partial charge is 0.493 e. The Kier molecular flexibility index (Phi) is 5.31. The molecule has 1 fully saturated rings. The van der Waals surface area contributed by atoms with Crippen LogP contribution in [0.25, 0.3) is 0 Å². The van der Waals surface area contributed by atoms with Gasteiger partial charge in [-0.15, -0.1) is 0 Å². The predicted molar refractivity (Wildman–Crippen MR) is 81.0 cm³/mol. The fourth-order valence-electron chi connectivity index (χ4n) is 3.08. The normalized spacial score (nSPS) is 18.3. The Morgan fingerprint density at radius 3 is 2.00 bits per heavy atom. The van der Waals surface area contributed by atoms with Crippen molar-refractivity contribution in [1.29, 1.82) is 0 Å². The smallest absolute Gasteiger partial charge is 0.203 e. The van der Waals surface area contributed by atoms with Crippen LogP contribution in [0.3, 0.4) is 0 Å². The summed E-state index contributed by atoms with van der Waals surface area (Å²) in [5.41, 5.74) is 7.05. The molecule has 0 unspecified atom stereocenters. The molecule has 5 nitrogen and oxygen atoms in total. The zero-order valence-electron chi connectivity index (χ0n) is 13.0. The van der Waals surface area contributed by atoms with E-state index in [1.165, 1.54) is 12.8 Å². The lowest BCUT2D eigenvalue weighted by Crippen LogP contribution is -2.32. The summed E-state index contributed by atoms with van der Waals surface area (Å²) < 4.78 is 16.0. The minimum atomic E-state index is -0.546. The quantitative estimate of drug-likeness (QED) is 0.842. The second-order valence-corrected chi connectivity index (χ2v) is 5.52. The molecule has 118 valence electrons. The van der Waals surface area contributed by atoms with Crippen LogP contribution in [0.4, 0.5) is 0 Å². The lowest BCUT2D eigenvalue weighted by atomic mass is 9.90. The topological polar surface area (TPSA) is 73.9 Å². The maximum Gasteiger partial charge on any atom is 0.203 e. The summed E-state index contributed by atoms with van der Waals surface area (Å²) in [7, 11) is 4.70. The average Bonchev–Trinajstić information content (AvgIpc) is 3.06. The van der Waals surface area contributed by atoms with Crippen LogP contribution in [-0.2, 0) is 0 Å². The highest BCUT2D eigenvalue weighted by atomic mass is 16.5. The van der Waals surface area contributed by atoms with Gasteiger partial charge in [0.1, 0.15) is 0 Å². The van der Waals surface area contributed by atoms with Crippen LogP contribution >= 0.6 is 0 Å². The van der Waals surface area contributed by atoms with Crippen LogP contribution in [0.1, 0.15) is 37.3 Å². The molecule has 2 rings (SSSR count). The third kappa shape index (κ3) is 3.24. The second kappa shape index (κ2) is 7.00. The van der Waals surface area contributed by atoms with E-state index in [0.717, 1.165) is 18.4 Å². The number of benzene rings is 1. The van der Waals surface area contributed by atoms with Crippen LogP contribution in [0, 0.1) is 5.92 Å². The molecule has 1 aliphatic carbocycles. The number of methoxy groups -OCH3 is 3. The average molecular weight is 295 g/mol. The number of rotatable bonds is 6. The van der Waals surface area contributed by atoms with Crippen molar-refractivity contribution in [3.05, 3.63) is 17.7 Å². The van der Waals surface area contributed by atoms with E-state index in [4.69, 9.17) is 19.9 Å². The van der Waals surface area contributed by atoms with Gasteiger partial charge in [0.25, 0.3) is 0 Å². The van der Waals surface area contributed by atoms with Gasteiger partial charge < -0.3 is 25.1 Å². The van der Waals surface area contributed by atoms with E-state index >= 15 is 0 Å². The van der Waals surface area contributed by atoms with Crippen molar-refractivity contribution in [2.45, 2.75) is 37.8 Å². The minimum absolute atomic E-state index is 0.277. The second-order valence-electron chi connectivity index (χ2n) is 5.52. The summed E-state index contributed by atoms with van der Waals surface area (Å²) >= 11 is 0. The van der Waals surface area contributed by atoms with Crippen molar-refractivity contribution in [2.24, 2.45) is 11.7 Å². The van der Waals surface area contributed by atoms with Crippen LogP contribution in [0.2, 0.25) is 0 Å². The third-order valence-corrected chi connectivity index (χ3v) is 4.32. The third-order valence-electron chi connectivity index (χ3n) is 4.32. The molecule has 5 heteroatoms. The SMILES string of the molecule is COc1cc([C@@H](N)[C@@H](O)C2CCCC2)cc(OC)c1OC. The molecule has 2 atom stereocenters. The molecule has 0 saturated heterocycles. The predicted octanol–water partition coefficient (Wildman–Crippen LogP) is 2.26. The molecule has 0 spiro atoms. The molecule has 3 N–H and O–H groups in total. The number of hydrogen-bond donors (Lipinski definition) is 2. The number of hydrogen-bond acceptors (Lipinski definition) is 5. The number of aliphatic hydroxyl groups excluding tert-OH is 1. The molecular formula is C16H25NO4. The molecule has 1 aliphatic rings. The monoisotopic (exact) mass is 295 g/mol. The highest BCUT2D eigenvalue weighted by molar-refractivity contribution is 5.54. The first-order valence-corrected chi connectivity index (χ1v) is 7.36. The molecule has 1 aromatic carbocycles. The zero-order valence-corrected chi connectivity index (χ0v) is 13.0. The van der Waals surface area contributed by atoms with Gasteiger partial charge in [-0.2, -0.15) is 0 Å². The highest BCUT2D eigenvalue weighted by Gasteiger charge is 2.30. The van der Waals surface area contributed by atoms with Gasteiger partial charge in [0.05, 0.1) is 33.5 Å². The Balaban J connectivity index is 2.29. The first-order valence-electron chi connectivity index (χ1n) is 7.36. The molecule has 21 heavy (non-hydrogen) atoms. The number of ether oxygens (including phenoxy) is 3. The Morgan fingerprint density at radius 1 is 1.05 bits per heavy atom. The highest BCUT2D eigenvalue weighted by Crippen LogP contribution is 2.41.